The summed E-state index contributed by atoms with van der Waals surface area (Å²) in [7, 11) is 0. The van der Waals surface area contributed by atoms with Crippen molar-refractivity contribution >= 4 is 16.8 Å². The topological polar surface area (TPSA) is 30.2 Å². The fraction of sp³-hybridized carbons (Fsp3) is 0.438. The number of hydrogen-bond acceptors (Lipinski definition) is 2. The van der Waals surface area contributed by atoms with E-state index in [4.69, 9.17) is 4.42 Å². The van der Waals surface area contributed by atoms with Gasteiger partial charge in [0.15, 0.2) is 11.5 Å². The van der Waals surface area contributed by atoms with Gasteiger partial charge in [0.25, 0.3) is 0 Å². The van der Waals surface area contributed by atoms with Gasteiger partial charge in [-0.05, 0) is 17.9 Å². The second-order valence-electron chi connectivity index (χ2n) is 5.76. The first kappa shape index (κ1) is 12.9. The van der Waals surface area contributed by atoms with E-state index < -0.39 is 0 Å². The summed E-state index contributed by atoms with van der Waals surface area (Å²) in [6, 6.07) is 7.95. The lowest BCUT2D eigenvalue weighted by atomic mass is 9.86. The van der Waals surface area contributed by atoms with Crippen LogP contribution in [0, 0.1) is 0 Å². The Morgan fingerprint density at radius 3 is 2.61 bits per heavy atom. The van der Waals surface area contributed by atoms with Crippen molar-refractivity contribution in [3.63, 3.8) is 0 Å². The molecule has 0 saturated carbocycles. The molecular formula is C16H20O2. The van der Waals surface area contributed by atoms with Gasteiger partial charge in [-0.25, -0.2) is 0 Å². The molecule has 18 heavy (non-hydrogen) atoms. The first-order valence-electron chi connectivity index (χ1n) is 6.49. The highest BCUT2D eigenvalue weighted by molar-refractivity contribution is 5.98. The van der Waals surface area contributed by atoms with E-state index in [0.717, 1.165) is 23.0 Å². The van der Waals surface area contributed by atoms with E-state index in [1.165, 1.54) is 0 Å². The highest BCUT2D eigenvalue weighted by Crippen LogP contribution is 2.32. The summed E-state index contributed by atoms with van der Waals surface area (Å²) >= 11 is 0. The summed E-state index contributed by atoms with van der Waals surface area (Å²) in [6.45, 7) is 8.45. The van der Waals surface area contributed by atoms with Crippen LogP contribution in [0.4, 0.5) is 0 Å². The van der Waals surface area contributed by atoms with Crippen molar-refractivity contribution in [1.29, 1.82) is 0 Å². The molecule has 2 rings (SSSR count). The predicted molar refractivity (Wildman–Crippen MR) is 74.2 cm³/mol. The normalized spacial score (nSPS) is 12.0. The molecule has 0 spiro atoms. The summed E-state index contributed by atoms with van der Waals surface area (Å²) in [5, 5.41) is 1.02. The van der Waals surface area contributed by atoms with E-state index in [2.05, 4.69) is 26.8 Å². The number of para-hydroxylation sites is 1. The lowest BCUT2D eigenvalue weighted by molar-refractivity contribution is 0.0957. The summed E-state index contributed by atoms with van der Waals surface area (Å²) in [4.78, 5) is 11.9. The minimum Gasteiger partial charge on any atom is -0.453 e. The van der Waals surface area contributed by atoms with Crippen LogP contribution >= 0.6 is 0 Å². The van der Waals surface area contributed by atoms with Crippen LogP contribution in [0.3, 0.4) is 0 Å². The first-order chi connectivity index (χ1) is 8.43. The molecule has 1 aromatic carbocycles. The van der Waals surface area contributed by atoms with Crippen molar-refractivity contribution < 1.29 is 9.21 Å². The van der Waals surface area contributed by atoms with Gasteiger partial charge in [-0.1, -0.05) is 45.9 Å². The minimum absolute atomic E-state index is 0.0163. The van der Waals surface area contributed by atoms with Gasteiger partial charge < -0.3 is 4.42 Å². The molecule has 0 aliphatic carbocycles. The van der Waals surface area contributed by atoms with Crippen LogP contribution in [0.15, 0.2) is 28.7 Å². The zero-order chi connectivity index (χ0) is 13.3. The maximum atomic E-state index is 11.9. The van der Waals surface area contributed by atoms with Gasteiger partial charge in [0.05, 0.1) is 0 Å². The van der Waals surface area contributed by atoms with Crippen molar-refractivity contribution in [2.45, 2.75) is 46.0 Å². The fourth-order valence-corrected chi connectivity index (χ4v) is 2.14. The van der Waals surface area contributed by atoms with E-state index in [0.29, 0.717) is 12.2 Å². The Hall–Kier alpha value is -1.57. The molecule has 0 aliphatic heterocycles. The van der Waals surface area contributed by atoms with Gasteiger partial charge >= 0.3 is 0 Å². The lowest BCUT2D eigenvalue weighted by Gasteiger charge is -2.18. The molecule has 2 aromatic rings. The molecule has 96 valence electrons. The third-order valence-corrected chi connectivity index (χ3v) is 3.10. The number of Topliss-reactive ketones (excluding diaryl/α,β-unsaturated/α-hetero) is 1. The fourth-order valence-electron chi connectivity index (χ4n) is 2.14. The van der Waals surface area contributed by atoms with Crippen molar-refractivity contribution in [2.75, 3.05) is 0 Å². The molecule has 0 amide bonds. The average molecular weight is 244 g/mol. The number of carbonyl (C=O) groups is 1. The van der Waals surface area contributed by atoms with Crippen LogP contribution in [-0.2, 0) is 5.41 Å². The van der Waals surface area contributed by atoms with Gasteiger partial charge in [0.1, 0.15) is 5.58 Å². The number of hydrogen-bond donors (Lipinski definition) is 0. The van der Waals surface area contributed by atoms with E-state index >= 15 is 0 Å². The van der Waals surface area contributed by atoms with E-state index in [1.807, 2.05) is 25.1 Å². The summed E-state index contributed by atoms with van der Waals surface area (Å²) in [5.74, 6) is 0.581. The first-order valence-corrected chi connectivity index (χ1v) is 6.49. The van der Waals surface area contributed by atoms with Crippen molar-refractivity contribution in [2.24, 2.45) is 0 Å². The highest BCUT2D eigenvalue weighted by atomic mass is 16.3. The Morgan fingerprint density at radius 2 is 2.00 bits per heavy atom. The Labute approximate surface area is 108 Å². The Morgan fingerprint density at radius 1 is 1.28 bits per heavy atom. The molecule has 1 heterocycles. The van der Waals surface area contributed by atoms with Gasteiger partial charge in [-0.3, -0.25) is 4.79 Å². The summed E-state index contributed by atoms with van der Waals surface area (Å²) in [5.41, 5.74) is 2.02. The molecule has 0 N–H and O–H groups in total. The smallest absolute Gasteiger partial charge is 0.198 e. The second kappa shape index (κ2) is 4.60. The van der Waals surface area contributed by atoms with Gasteiger partial charge in [-0.2, -0.15) is 0 Å². The van der Waals surface area contributed by atoms with Crippen LogP contribution in [-0.4, -0.2) is 5.78 Å². The molecule has 0 atom stereocenters. The standard InChI is InChI=1S/C16H20O2/c1-5-7-13(17)14-10-11-8-6-9-12(15(11)18-14)16(2,3)4/h6,8-10H,5,7H2,1-4H3. The van der Waals surface area contributed by atoms with E-state index in [-0.39, 0.29) is 11.2 Å². The Balaban J connectivity index is 2.55. The number of rotatable bonds is 3. The third-order valence-electron chi connectivity index (χ3n) is 3.10. The van der Waals surface area contributed by atoms with Crippen LogP contribution in [0.2, 0.25) is 0 Å². The van der Waals surface area contributed by atoms with Gasteiger partial charge in [0, 0.05) is 17.4 Å². The maximum Gasteiger partial charge on any atom is 0.198 e. The molecule has 0 radical (unpaired) electrons. The SMILES string of the molecule is CCCC(=O)c1cc2cccc(C(C)(C)C)c2o1. The zero-order valence-electron chi connectivity index (χ0n) is 11.5. The van der Waals surface area contributed by atoms with Crippen LogP contribution in [0.1, 0.15) is 56.7 Å². The largest absolute Gasteiger partial charge is 0.453 e. The average Bonchev–Trinajstić information content (AvgIpc) is 2.71. The van der Waals surface area contributed by atoms with E-state index in [9.17, 15) is 4.79 Å². The number of fused-ring (bicyclic) bond motifs is 1. The van der Waals surface area contributed by atoms with Crippen LogP contribution in [0.25, 0.3) is 11.0 Å². The van der Waals surface area contributed by atoms with Crippen molar-refractivity contribution in [1.82, 2.24) is 0 Å². The summed E-state index contributed by atoms with van der Waals surface area (Å²) in [6.07, 6.45) is 1.40. The molecule has 0 bridgehead atoms. The quantitative estimate of drug-likeness (QED) is 0.732. The molecule has 0 aliphatic rings. The molecule has 0 saturated heterocycles. The van der Waals surface area contributed by atoms with E-state index in [1.54, 1.807) is 0 Å². The monoisotopic (exact) mass is 244 g/mol. The zero-order valence-corrected chi connectivity index (χ0v) is 11.5. The Bertz CT molecular complexity index is 570. The number of furan rings is 1. The molecule has 0 unspecified atom stereocenters. The second-order valence-corrected chi connectivity index (χ2v) is 5.76. The van der Waals surface area contributed by atoms with Crippen LogP contribution < -0.4 is 0 Å². The van der Waals surface area contributed by atoms with Gasteiger partial charge in [0.2, 0.25) is 0 Å². The summed E-state index contributed by atoms with van der Waals surface area (Å²) < 4.78 is 5.79. The van der Waals surface area contributed by atoms with Crippen molar-refractivity contribution in [3.8, 4) is 0 Å². The van der Waals surface area contributed by atoms with Crippen LogP contribution in [0.5, 0.6) is 0 Å². The van der Waals surface area contributed by atoms with Gasteiger partial charge in [-0.15, -0.1) is 0 Å². The number of ketones is 1. The third kappa shape index (κ3) is 2.33. The molecule has 1 aromatic heterocycles. The molecule has 2 nitrogen and oxygen atoms in total. The van der Waals surface area contributed by atoms with Crippen molar-refractivity contribution in [3.05, 3.63) is 35.6 Å². The predicted octanol–water partition coefficient (Wildman–Crippen LogP) is 4.71. The number of benzene rings is 1. The minimum atomic E-state index is 0.0163. The molecule has 2 heteroatoms. The highest BCUT2D eigenvalue weighted by Gasteiger charge is 2.20. The molecule has 0 fully saturated rings. The number of carbonyl (C=O) groups excluding carboxylic acids is 1. The Kier molecular flexibility index (Phi) is 3.29. The maximum absolute atomic E-state index is 11.9. The lowest BCUT2D eigenvalue weighted by Crippen LogP contribution is -2.10. The molecular weight excluding hydrogens is 224 g/mol.